The standard InChI is InChI=1S/C12H6Cl2N2O2/c13-8-5-7(6-15)1-2-9(8)16-12(17)10-3-4-11(14)18-10/h1-5H,(H,16,17). The first kappa shape index (κ1) is 12.5. The van der Waals surface area contributed by atoms with Crippen LogP contribution in [0.5, 0.6) is 0 Å². The van der Waals surface area contributed by atoms with Gasteiger partial charge in [-0.2, -0.15) is 5.26 Å². The minimum Gasteiger partial charge on any atom is -0.440 e. The van der Waals surface area contributed by atoms with Gasteiger partial charge in [-0.15, -0.1) is 0 Å². The second-order valence-electron chi connectivity index (χ2n) is 3.36. The van der Waals surface area contributed by atoms with E-state index in [2.05, 4.69) is 5.32 Å². The molecule has 0 atom stereocenters. The van der Waals surface area contributed by atoms with Crippen LogP contribution in [0.1, 0.15) is 16.1 Å². The Morgan fingerprint density at radius 2 is 2.06 bits per heavy atom. The van der Waals surface area contributed by atoms with Crippen molar-refractivity contribution in [2.24, 2.45) is 0 Å². The highest BCUT2D eigenvalue weighted by Crippen LogP contribution is 2.24. The average Bonchev–Trinajstić information content (AvgIpc) is 2.78. The molecule has 90 valence electrons. The largest absolute Gasteiger partial charge is 0.440 e. The van der Waals surface area contributed by atoms with Crippen molar-refractivity contribution in [3.05, 3.63) is 51.9 Å². The van der Waals surface area contributed by atoms with Gasteiger partial charge in [-0.3, -0.25) is 4.79 Å². The van der Waals surface area contributed by atoms with Crippen molar-refractivity contribution in [3.8, 4) is 6.07 Å². The number of anilines is 1. The lowest BCUT2D eigenvalue weighted by atomic mass is 10.2. The summed E-state index contributed by atoms with van der Waals surface area (Å²) in [7, 11) is 0. The second-order valence-corrected chi connectivity index (χ2v) is 4.14. The number of nitrogens with zero attached hydrogens (tertiary/aromatic N) is 1. The van der Waals surface area contributed by atoms with Crippen LogP contribution in [0.4, 0.5) is 5.69 Å². The van der Waals surface area contributed by atoms with E-state index in [-0.39, 0.29) is 16.0 Å². The molecule has 0 fully saturated rings. The van der Waals surface area contributed by atoms with Gasteiger partial charge in [0.2, 0.25) is 0 Å². The van der Waals surface area contributed by atoms with Crippen LogP contribution in [0.25, 0.3) is 0 Å². The third kappa shape index (κ3) is 2.65. The fraction of sp³-hybridized carbons (Fsp3) is 0. The van der Waals surface area contributed by atoms with Gasteiger partial charge in [-0.1, -0.05) is 11.6 Å². The summed E-state index contributed by atoms with van der Waals surface area (Å²) >= 11 is 11.5. The number of carbonyl (C=O) groups excluding carboxylic acids is 1. The highest BCUT2D eigenvalue weighted by molar-refractivity contribution is 6.34. The fourth-order valence-corrected chi connectivity index (χ4v) is 1.68. The molecule has 0 spiro atoms. The Hall–Kier alpha value is -1.96. The number of halogens is 2. The zero-order chi connectivity index (χ0) is 13.1. The molecular weight excluding hydrogens is 275 g/mol. The maximum absolute atomic E-state index is 11.7. The predicted octanol–water partition coefficient (Wildman–Crippen LogP) is 3.71. The number of furan rings is 1. The number of amides is 1. The molecule has 0 aliphatic heterocycles. The number of carbonyl (C=O) groups is 1. The zero-order valence-electron chi connectivity index (χ0n) is 8.91. The smallest absolute Gasteiger partial charge is 0.291 e. The third-order valence-electron chi connectivity index (χ3n) is 2.14. The maximum atomic E-state index is 11.7. The zero-order valence-corrected chi connectivity index (χ0v) is 10.4. The molecule has 2 rings (SSSR count). The summed E-state index contributed by atoms with van der Waals surface area (Å²) in [5.74, 6) is -0.381. The predicted molar refractivity (Wildman–Crippen MR) is 67.8 cm³/mol. The highest BCUT2D eigenvalue weighted by Gasteiger charge is 2.12. The lowest BCUT2D eigenvalue weighted by Crippen LogP contribution is -2.11. The Bertz CT molecular complexity index is 644. The second kappa shape index (κ2) is 5.13. The molecule has 6 heteroatoms. The SMILES string of the molecule is N#Cc1ccc(NC(=O)c2ccc(Cl)o2)c(Cl)c1. The Balaban J connectivity index is 2.20. The molecule has 0 unspecified atom stereocenters. The number of nitriles is 1. The van der Waals surface area contributed by atoms with E-state index in [1.165, 1.54) is 18.2 Å². The van der Waals surface area contributed by atoms with Gasteiger partial charge in [0.15, 0.2) is 11.0 Å². The van der Waals surface area contributed by atoms with Gasteiger partial charge >= 0.3 is 0 Å². The fourth-order valence-electron chi connectivity index (χ4n) is 1.31. The van der Waals surface area contributed by atoms with Crippen molar-refractivity contribution in [3.63, 3.8) is 0 Å². The van der Waals surface area contributed by atoms with Gasteiger partial charge in [-0.25, -0.2) is 0 Å². The average molecular weight is 281 g/mol. The van der Waals surface area contributed by atoms with Crippen molar-refractivity contribution >= 4 is 34.8 Å². The highest BCUT2D eigenvalue weighted by atomic mass is 35.5. The lowest BCUT2D eigenvalue weighted by molar-refractivity contribution is 0.0997. The molecule has 1 amide bonds. The number of hydrogen-bond donors (Lipinski definition) is 1. The quantitative estimate of drug-likeness (QED) is 0.912. The van der Waals surface area contributed by atoms with E-state index in [1.54, 1.807) is 12.1 Å². The van der Waals surface area contributed by atoms with Crippen LogP contribution in [-0.2, 0) is 0 Å². The maximum Gasteiger partial charge on any atom is 0.291 e. The van der Waals surface area contributed by atoms with Crippen LogP contribution in [0, 0.1) is 11.3 Å². The Labute approximate surface area is 113 Å². The van der Waals surface area contributed by atoms with Gasteiger partial charge in [0, 0.05) is 0 Å². The minimum absolute atomic E-state index is 0.0837. The Morgan fingerprint density at radius 3 is 2.61 bits per heavy atom. The molecule has 0 radical (unpaired) electrons. The molecule has 0 aliphatic carbocycles. The topological polar surface area (TPSA) is 66.0 Å². The lowest BCUT2D eigenvalue weighted by Gasteiger charge is -2.05. The van der Waals surface area contributed by atoms with Gasteiger partial charge < -0.3 is 9.73 Å². The molecule has 4 nitrogen and oxygen atoms in total. The minimum atomic E-state index is -0.464. The van der Waals surface area contributed by atoms with Gasteiger partial charge in [0.05, 0.1) is 22.3 Å². The van der Waals surface area contributed by atoms with Crippen LogP contribution in [0.15, 0.2) is 34.7 Å². The van der Waals surface area contributed by atoms with Crippen molar-refractivity contribution in [1.29, 1.82) is 5.26 Å². The molecule has 1 aromatic carbocycles. The molecule has 2 aromatic rings. The normalized spacial score (nSPS) is 9.83. The van der Waals surface area contributed by atoms with Gasteiger partial charge in [0.1, 0.15) is 0 Å². The Kier molecular flexibility index (Phi) is 3.56. The molecule has 0 saturated carbocycles. The summed E-state index contributed by atoms with van der Waals surface area (Å²) in [5, 5.41) is 11.7. The monoisotopic (exact) mass is 280 g/mol. The van der Waals surface area contributed by atoms with E-state index < -0.39 is 5.91 Å². The summed E-state index contributed by atoms with van der Waals surface area (Å²) in [5.41, 5.74) is 0.812. The molecule has 1 heterocycles. The summed E-state index contributed by atoms with van der Waals surface area (Å²) in [6, 6.07) is 9.43. The van der Waals surface area contributed by atoms with E-state index >= 15 is 0 Å². The van der Waals surface area contributed by atoms with Crippen molar-refractivity contribution in [2.45, 2.75) is 0 Å². The summed E-state index contributed by atoms with van der Waals surface area (Å²) < 4.78 is 4.96. The molecule has 18 heavy (non-hydrogen) atoms. The summed E-state index contributed by atoms with van der Waals surface area (Å²) in [4.78, 5) is 11.7. The van der Waals surface area contributed by atoms with Gasteiger partial charge in [0.25, 0.3) is 5.91 Å². The van der Waals surface area contributed by atoms with Crippen molar-refractivity contribution in [2.75, 3.05) is 5.32 Å². The molecule has 0 bridgehead atoms. The van der Waals surface area contributed by atoms with Crippen LogP contribution in [-0.4, -0.2) is 5.91 Å². The number of hydrogen-bond acceptors (Lipinski definition) is 3. The third-order valence-corrected chi connectivity index (χ3v) is 2.66. The van der Waals surface area contributed by atoms with E-state index in [4.69, 9.17) is 32.9 Å². The van der Waals surface area contributed by atoms with E-state index in [1.807, 2.05) is 6.07 Å². The molecular formula is C12H6Cl2N2O2. The van der Waals surface area contributed by atoms with E-state index in [9.17, 15) is 4.79 Å². The number of benzene rings is 1. The summed E-state index contributed by atoms with van der Waals surface area (Å²) in [6.07, 6.45) is 0. The van der Waals surface area contributed by atoms with Gasteiger partial charge in [-0.05, 0) is 41.9 Å². The first-order chi connectivity index (χ1) is 8.60. The molecule has 0 aliphatic rings. The molecule has 0 saturated heterocycles. The van der Waals surface area contributed by atoms with Crippen LogP contribution >= 0.6 is 23.2 Å². The van der Waals surface area contributed by atoms with Crippen molar-refractivity contribution < 1.29 is 9.21 Å². The number of rotatable bonds is 2. The van der Waals surface area contributed by atoms with E-state index in [0.29, 0.717) is 11.3 Å². The van der Waals surface area contributed by atoms with Crippen molar-refractivity contribution in [1.82, 2.24) is 0 Å². The van der Waals surface area contributed by atoms with Crippen LogP contribution < -0.4 is 5.32 Å². The number of nitrogens with one attached hydrogen (secondary N) is 1. The van der Waals surface area contributed by atoms with Crippen LogP contribution in [0.2, 0.25) is 10.2 Å². The Morgan fingerprint density at radius 1 is 1.28 bits per heavy atom. The van der Waals surface area contributed by atoms with E-state index in [0.717, 1.165) is 0 Å². The summed E-state index contributed by atoms with van der Waals surface area (Å²) in [6.45, 7) is 0. The molecule has 1 aromatic heterocycles. The van der Waals surface area contributed by atoms with Crippen LogP contribution in [0.3, 0.4) is 0 Å². The first-order valence-corrected chi connectivity index (χ1v) is 5.62. The molecule has 1 N–H and O–H groups in total. The first-order valence-electron chi connectivity index (χ1n) is 4.86.